The highest BCUT2D eigenvalue weighted by atomic mass is 16.6. The zero-order chi connectivity index (χ0) is 14.7. The van der Waals surface area contributed by atoms with Crippen molar-refractivity contribution in [3.8, 4) is 0 Å². The third kappa shape index (κ3) is 2.59. The molecule has 1 fully saturated rings. The lowest BCUT2D eigenvalue weighted by Crippen LogP contribution is -2.38. The molecule has 20 heavy (non-hydrogen) atoms. The lowest BCUT2D eigenvalue weighted by atomic mass is 10.1. The Hall–Kier alpha value is -2.11. The fraction of sp³-hybridized carbons (Fsp3) is 0.500. The molecule has 1 amide bonds. The van der Waals surface area contributed by atoms with Gasteiger partial charge in [0.2, 0.25) is 0 Å². The molecule has 2 rings (SSSR count). The maximum Gasteiger partial charge on any atom is 0.304 e. The number of benzene rings is 1. The number of nitrogens with two attached hydrogens (primary N) is 1. The van der Waals surface area contributed by atoms with E-state index in [0.717, 1.165) is 25.7 Å². The van der Waals surface area contributed by atoms with Crippen molar-refractivity contribution in [3.05, 3.63) is 33.9 Å². The molecule has 0 atom stereocenters. The topological polar surface area (TPSA) is 89.5 Å². The van der Waals surface area contributed by atoms with E-state index in [1.165, 1.54) is 12.1 Å². The van der Waals surface area contributed by atoms with Crippen LogP contribution >= 0.6 is 0 Å². The van der Waals surface area contributed by atoms with Crippen LogP contribution in [0.2, 0.25) is 0 Å². The number of nitro benzene ring substituents is 1. The molecule has 0 unspecified atom stereocenters. The van der Waals surface area contributed by atoms with Gasteiger partial charge in [-0.15, -0.1) is 0 Å². The molecule has 0 heterocycles. The van der Waals surface area contributed by atoms with E-state index in [-0.39, 0.29) is 28.9 Å². The summed E-state index contributed by atoms with van der Waals surface area (Å²) in [5.41, 5.74) is 5.48. The molecule has 1 aromatic rings. The summed E-state index contributed by atoms with van der Waals surface area (Å²) in [4.78, 5) is 24.9. The van der Waals surface area contributed by atoms with Crippen LogP contribution in [0.25, 0.3) is 0 Å². The summed E-state index contributed by atoms with van der Waals surface area (Å²) in [6.07, 6.45) is 4.15. The Morgan fingerprint density at radius 3 is 2.65 bits per heavy atom. The highest BCUT2D eigenvalue weighted by Crippen LogP contribution is 2.30. The van der Waals surface area contributed by atoms with Crippen LogP contribution < -0.4 is 5.73 Å². The van der Waals surface area contributed by atoms with E-state index in [9.17, 15) is 14.9 Å². The van der Waals surface area contributed by atoms with Gasteiger partial charge in [-0.2, -0.15) is 0 Å². The van der Waals surface area contributed by atoms with Crippen molar-refractivity contribution < 1.29 is 9.72 Å². The molecule has 108 valence electrons. The molecule has 6 heteroatoms. The Balaban J connectivity index is 2.36. The second-order valence-electron chi connectivity index (χ2n) is 5.03. The third-order valence-corrected chi connectivity index (χ3v) is 3.85. The summed E-state index contributed by atoms with van der Waals surface area (Å²) in [6.45, 7) is 2.45. The molecular weight excluding hydrogens is 258 g/mol. The fourth-order valence-electron chi connectivity index (χ4n) is 2.88. The molecule has 6 nitrogen and oxygen atoms in total. The van der Waals surface area contributed by atoms with Crippen LogP contribution in [0.4, 0.5) is 11.4 Å². The number of nitrogens with zero attached hydrogens (tertiary/aromatic N) is 2. The first kappa shape index (κ1) is 14.3. The first-order valence-corrected chi connectivity index (χ1v) is 6.90. The number of amides is 1. The average Bonchev–Trinajstić information content (AvgIpc) is 2.92. The third-order valence-electron chi connectivity index (χ3n) is 3.85. The van der Waals surface area contributed by atoms with Crippen molar-refractivity contribution in [1.82, 2.24) is 4.90 Å². The monoisotopic (exact) mass is 277 g/mol. The quantitative estimate of drug-likeness (QED) is 0.520. The van der Waals surface area contributed by atoms with Gasteiger partial charge in [0.15, 0.2) is 0 Å². The summed E-state index contributed by atoms with van der Waals surface area (Å²) in [6, 6.07) is 4.70. The summed E-state index contributed by atoms with van der Waals surface area (Å²) >= 11 is 0. The standard InChI is InChI=1S/C14H19N3O3/c1-2-16(10-6-3-4-7-10)14(18)11-8-5-9-12(15)13(11)17(19)20/h5,8-10H,2-4,6-7,15H2,1H3. The minimum atomic E-state index is -0.578. The fourth-order valence-corrected chi connectivity index (χ4v) is 2.88. The van der Waals surface area contributed by atoms with Crippen molar-refractivity contribution in [1.29, 1.82) is 0 Å². The Morgan fingerprint density at radius 2 is 2.10 bits per heavy atom. The lowest BCUT2D eigenvalue weighted by Gasteiger charge is -2.27. The van der Waals surface area contributed by atoms with E-state index in [2.05, 4.69) is 0 Å². The SMILES string of the molecule is CCN(C(=O)c1cccc(N)c1[N+](=O)[O-])C1CCCC1. The van der Waals surface area contributed by atoms with Crippen LogP contribution in [0.1, 0.15) is 43.0 Å². The minimum Gasteiger partial charge on any atom is -0.393 e. The van der Waals surface area contributed by atoms with E-state index in [1.807, 2.05) is 6.92 Å². The zero-order valence-electron chi connectivity index (χ0n) is 11.5. The van der Waals surface area contributed by atoms with Gasteiger partial charge in [0.1, 0.15) is 11.3 Å². The van der Waals surface area contributed by atoms with Crippen molar-refractivity contribution in [3.63, 3.8) is 0 Å². The molecule has 2 N–H and O–H groups in total. The number of anilines is 1. The van der Waals surface area contributed by atoms with Crippen LogP contribution in [-0.4, -0.2) is 28.3 Å². The smallest absolute Gasteiger partial charge is 0.304 e. The molecular formula is C14H19N3O3. The normalized spacial score (nSPS) is 15.2. The Labute approximate surface area is 117 Å². The highest BCUT2D eigenvalue weighted by Gasteiger charge is 2.31. The number of hydrogen-bond donors (Lipinski definition) is 1. The van der Waals surface area contributed by atoms with Gasteiger partial charge in [-0.05, 0) is 31.9 Å². The van der Waals surface area contributed by atoms with Gasteiger partial charge in [0.25, 0.3) is 5.91 Å². The van der Waals surface area contributed by atoms with E-state index >= 15 is 0 Å². The second-order valence-corrected chi connectivity index (χ2v) is 5.03. The molecule has 0 aromatic heterocycles. The number of rotatable bonds is 4. The van der Waals surface area contributed by atoms with E-state index in [1.54, 1.807) is 11.0 Å². The number of carbonyl (C=O) groups excluding carboxylic acids is 1. The summed E-state index contributed by atoms with van der Waals surface area (Å²) in [7, 11) is 0. The van der Waals surface area contributed by atoms with E-state index in [4.69, 9.17) is 5.73 Å². The second kappa shape index (κ2) is 5.90. The van der Waals surface area contributed by atoms with Crippen molar-refractivity contribution >= 4 is 17.3 Å². The first-order chi connectivity index (χ1) is 9.56. The van der Waals surface area contributed by atoms with Gasteiger partial charge in [0, 0.05) is 12.6 Å². The molecule has 0 radical (unpaired) electrons. The van der Waals surface area contributed by atoms with E-state index in [0.29, 0.717) is 6.54 Å². The molecule has 0 bridgehead atoms. The van der Waals surface area contributed by atoms with Gasteiger partial charge < -0.3 is 10.6 Å². The predicted molar refractivity (Wildman–Crippen MR) is 76.5 cm³/mol. The number of nitrogen functional groups attached to an aromatic ring is 1. The minimum absolute atomic E-state index is 0.0309. The molecule has 0 saturated heterocycles. The summed E-state index contributed by atoms with van der Waals surface area (Å²) in [5, 5.41) is 11.1. The number of carbonyl (C=O) groups is 1. The van der Waals surface area contributed by atoms with Crippen LogP contribution in [0.3, 0.4) is 0 Å². The number of para-hydroxylation sites is 1. The Morgan fingerprint density at radius 1 is 1.45 bits per heavy atom. The molecule has 0 aliphatic heterocycles. The molecule has 0 spiro atoms. The van der Waals surface area contributed by atoms with Gasteiger partial charge in [-0.25, -0.2) is 0 Å². The van der Waals surface area contributed by atoms with Gasteiger partial charge in [-0.1, -0.05) is 18.9 Å². The van der Waals surface area contributed by atoms with Gasteiger partial charge in [-0.3, -0.25) is 14.9 Å². The van der Waals surface area contributed by atoms with Crippen LogP contribution in [-0.2, 0) is 0 Å². The van der Waals surface area contributed by atoms with Crippen molar-refractivity contribution in [2.75, 3.05) is 12.3 Å². The van der Waals surface area contributed by atoms with Gasteiger partial charge >= 0.3 is 5.69 Å². The molecule has 1 saturated carbocycles. The Kier molecular flexibility index (Phi) is 4.22. The highest BCUT2D eigenvalue weighted by molar-refractivity contribution is 6.00. The maximum absolute atomic E-state index is 12.6. The lowest BCUT2D eigenvalue weighted by molar-refractivity contribution is -0.384. The zero-order valence-corrected chi connectivity index (χ0v) is 11.5. The molecule has 1 aromatic carbocycles. The number of nitro groups is 1. The first-order valence-electron chi connectivity index (χ1n) is 6.90. The van der Waals surface area contributed by atoms with E-state index < -0.39 is 4.92 Å². The number of hydrogen-bond acceptors (Lipinski definition) is 4. The largest absolute Gasteiger partial charge is 0.393 e. The molecule has 1 aliphatic carbocycles. The molecule has 1 aliphatic rings. The van der Waals surface area contributed by atoms with Crippen molar-refractivity contribution in [2.45, 2.75) is 38.6 Å². The van der Waals surface area contributed by atoms with Crippen LogP contribution in [0, 0.1) is 10.1 Å². The predicted octanol–water partition coefficient (Wildman–Crippen LogP) is 2.58. The summed E-state index contributed by atoms with van der Waals surface area (Å²) < 4.78 is 0. The van der Waals surface area contributed by atoms with Crippen molar-refractivity contribution in [2.24, 2.45) is 0 Å². The van der Waals surface area contributed by atoms with Crippen LogP contribution in [0.5, 0.6) is 0 Å². The Bertz CT molecular complexity index is 524. The summed E-state index contributed by atoms with van der Waals surface area (Å²) in [5.74, 6) is -0.293. The average molecular weight is 277 g/mol. The van der Waals surface area contributed by atoms with Crippen LogP contribution in [0.15, 0.2) is 18.2 Å². The van der Waals surface area contributed by atoms with Gasteiger partial charge in [0.05, 0.1) is 4.92 Å². The maximum atomic E-state index is 12.6.